The van der Waals surface area contributed by atoms with Crippen molar-refractivity contribution in [3.8, 4) is 5.75 Å². The summed E-state index contributed by atoms with van der Waals surface area (Å²) in [5.41, 5.74) is 2.15. The molecule has 0 aliphatic rings. The molecule has 0 fully saturated rings. The number of hydrogen-bond donors (Lipinski definition) is 1. The van der Waals surface area contributed by atoms with E-state index in [1.807, 2.05) is 42.8 Å². The molecule has 5 heteroatoms. The molecule has 0 spiro atoms. The van der Waals surface area contributed by atoms with Crippen molar-refractivity contribution in [2.75, 3.05) is 6.54 Å². The van der Waals surface area contributed by atoms with Gasteiger partial charge in [0.2, 0.25) is 0 Å². The van der Waals surface area contributed by atoms with Crippen LogP contribution in [0.2, 0.25) is 0 Å². The van der Waals surface area contributed by atoms with Gasteiger partial charge in [0, 0.05) is 25.5 Å². The Bertz CT molecular complexity index is 608. The topological polar surface area (TPSA) is 56.1 Å². The van der Waals surface area contributed by atoms with E-state index in [4.69, 9.17) is 4.74 Å². The van der Waals surface area contributed by atoms with Crippen molar-refractivity contribution in [3.05, 3.63) is 48.0 Å². The summed E-state index contributed by atoms with van der Waals surface area (Å²) in [4.78, 5) is 16.0. The Morgan fingerprint density at radius 1 is 1.41 bits per heavy atom. The molecule has 1 amide bonds. The van der Waals surface area contributed by atoms with Gasteiger partial charge in [0.1, 0.15) is 5.75 Å². The molecule has 1 aromatic heterocycles. The first-order chi connectivity index (χ1) is 10.6. The average Bonchev–Trinajstić information content (AvgIpc) is 3.00. The van der Waals surface area contributed by atoms with E-state index in [2.05, 4.69) is 10.3 Å². The van der Waals surface area contributed by atoms with Gasteiger partial charge in [0.15, 0.2) is 6.10 Å². The number of aryl methyl sites for hydroxylation is 3. The lowest BCUT2D eigenvalue weighted by molar-refractivity contribution is -0.127. The van der Waals surface area contributed by atoms with Crippen LogP contribution in [0.4, 0.5) is 0 Å². The normalized spacial score (nSPS) is 12.0. The Morgan fingerprint density at radius 2 is 2.23 bits per heavy atom. The van der Waals surface area contributed by atoms with Gasteiger partial charge in [-0.1, -0.05) is 12.1 Å². The predicted octanol–water partition coefficient (Wildman–Crippen LogP) is 2.47. The van der Waals surface area contributed by atoms with Gasteiger partial charge in [-0.15, -0.1) is 0 Å². The van der Waals surface area contributed by atoms with Gasteiger partial charge in [-0.3, -0.25) is 4.79 Å². The molecule has 0 unspecified atom stereocenters. The second kappa shape index (κ2) is 7.64. The van der Waals surface area contributed by atoms with Crippen LogP contribution in [-0.2, 0) is 11.3 Å². The highest BCUT2D eigenvalue weighted by Crippen LogP contribution is 2.20. The van der Waals surface area contributed by atoms with E-state index in [-0.39, 0.29) is 5.91 Å². The summed E-state index contributed by atoms with van der Waals surface area (Å²) in [6, 6.07) is 5.99. The number of ether oxygens (including phenoxy) is 1. The Balaban J connectivity index is 1.75. The summed E-state index contributed by atoms with van der Waals surface area (Å²) in [6.45, 7) is 7.22. The van der Waals surface area contributed by atoms with E-state index in [0.717, 1.165) is 29.8 Å². The molecule has 5 nitrogen and oxygen atoms in total. The summed E-state index contributed by atoms with van der Waals surface area (Å²) >= 11 is 0. The van der Waals surface area contributed by atoms with Gasteiger partial charge in [-0.25, -0.2) is 4.98 Å². The first-order valence-electron chi connectivity index (χ1n) is 7.53. The van der Waals surface area contributed by atoms with Crippen LogP contribution in [0.3, 0.4) is 0 Å². The summed E-state index contributed by atoms with van der Waals surface area (Å²) in [7, 11) is 0. The van der Waals surface area contributed by atoms with Gasteiger partial charge in [-0.05, 0) is 44.4 Å². The van der Waals surface area contributed by atoms with Gasteiger partial charge in [0.25, 0.3) is 5.91 Å². The van der Waals surface area contributed by atoms with Crippen molar-refractivity contribution in [2.45, 2.75) is 39.8 Å². The highest BCUT2D eigenvalue weighted by Gasteiger charge is 2.15. The third kappa shape index (κ3) is 4.62. The number of benzene rings is 1. The van der Waals surface area contributed by atoms with Crippen molar-refractivity contribution in [1.29, 1.82) is 0 Å². The van der Waals surface area contributed by atoms with E-state index >= 15 is 0 Å². The summed E-state index contributed by atoms with van der Waals surface area (Å²) in [5, 5.41) is 2.90. The van der Waals surface area contributed by atoms with E-state index in [1.165, 1.54) is 0 Å². The van der Waals surface area contributed by atoms with Gasteiger partial charge in [0.05, 0.1) is 6.33 Å². The number of carbonyl (C=O) groups is 1. The molecule has 0 saturated carbocycles. The highest BCUT2D eigenvalue weighted by molar-refractivity contribution is 5.80. The predicted molar refractivity (Wildman–Crippen MR) is 85.9 cm³/mol. The Kier molecular flexibility index (Phi) is 5.58. The summed E-state index contributed by atoms with van der Waals surface area (Å²) < 4.78 is 7.75. The maximum absolute atomic E-state index is 12.0. The number of amides is 1. The standard InChI is InChI=1S/C17H23N3O2/c1-13-5-6-14(2)16(11-13)22-15(3)17(21)19-7-4-9-20-10-8-18-12-20/h5-6,8,10-12,15H,4,7,9H2,1-3H3,(H,19,21)/t15-/m1/s1. The number of hydrogen-bond acceptors (Lipinski definition) is 3. The minimum absolute atomic E-state index is 0.0912. The van der Waals surface area contributed by atoms with Crippen LogP contribution in [0, 0.1) is 13.8 Å². The molecule has 0 radical (unpaired) electrons. The van der Waals surface area contributed by atoms with Crippen molar-refractivity contribution in [2.24, 2.45) is 0 Å². The molecule has 2 rings (SSSR count). The Labute approximate surface area is 131 Å². The van der Waals surface area contributed by atoms with Crippen molar-refractivity contribution < 1.29 is 9.53 Å². The number of nitrogens with zero attached hydrogens (tertiary/aromatic N) is 2. The average molecular weight is 301 g/mol. The van der Waals surface area contributed by atoms with E-state index in [1.54, 1.807) is 19.4 Å². The highest BCUT2D eigenvalue weighted by atomic mass is 16.5. The molecular formula is C17H23N3O2. The second-order valence-corrected chi connectivity index (χ2v) is 5.47. The van der Waals surface area contributed by atoms with Gasteiger partial charge < -0.3 is 14.6 Å². The molecule has 0 aliphatic heterocycles. The van der Waals surface area contributed by atoms with Crippen LogP contribution < -0.4 is 10.1 Å². The van der Waals surface area contributed by atoms with E-state index < -0.39 is 6.10 Å². The van der Waals surface area contributed by atoms with Gasteiger partial charge in [-0.2, -0.15) is 0 Å². The number of nitrogens with one attached hydrogen (secondary N) is 1. The fraction of sp³-hybridized carbons (Fsp3) is 0.412. The van der Waals surface area contributed by atoms with E-state index in [0.29, 0.717) is 6.54 Å². The smallest absolute Gasteiger partial charge is 0.260 e. The summed E-state index contributed by atoms with van der Waals surface area (Å²) in [5.74, 6) is 0.674. The summed E-state index contributed by atoms with van der Waals surface area (Å²) in [6.07, 6.45) is 5.78. The van der Waals surface area contributed by atoms with Crippen LogP contribution in [0.5, 0.6) is 5.75 Å². The van der Waals surface area contributed by atoms with Crippen LogP contribution in [-0.4, -0.2) is 28.1 Å². The fourth-order valence-electron chi connectivity index (χ4n) is 2.11. The number of carbonyl (C=O) groups excluding carboxylic acids is 1. The molecule has 1 heterocycles. The lowest BCUT2D eigenvalue weighted by Gasteiger charge is -2.16. The maximum Gasteiger partial charge on any atom is 0.260 e. The SMILES string of the molecule is Cc1ccc(C)c(O[C@H](C)C(=O)NCCCn2ccnc2)c1. The first-order valence-corrected chi connectivity index (χ1v) is 7.53. The minimum Gasteiger partial charge on any atom is -0.481 e. The maximum atomic E-state index is 12.0. The second-order valence-electron chi connectivity index (χ2n) is 5.47. The van der Waals surface area contributed by atoms with Gasteiger partial charge >= 0.3 is 0 Å². The van der Waals surface area contributed by atoms with Crippen LogP contribution in [0.1, 0.15) is 24.5 Å². The monoisotopic (exact) mass is 301 g/mol. The van der Waals surface area contributed by atoms with Crippen molar-refractivity contribution in [1.82, 2.24) is 14.9 Å². The molecule has 1 N–H and O–H groups in total. The molecular weight excluding hydrogens is 278 g/mol. The zero-order valence-corrected chi connectivity index (χ0v) is 13.4. The van der Waals surface area contributed by atoms with Crippen molar-refractivity contribution in [3.63, 3.8) is 0 Å². The molecule has 0 saturated heterocycles. The molecule has 22 heavy (non-hydrogen) atoms. The quantitative estimate of drug-likeness (QED) is 0.799. The Morgan fingerprint density at radius 3 is 2.95 bits per heavy atom. The molecule has 0 bridgehead atoms. The lowest BCUT2D eigenvalue weighted by Crippen LogP contribution is -2.37. The van der Waals surface area contributed by atoms with Crippen LogP contribution >= 0.6 is 0 Å². The lowest BCUT2D eigenvalue weighted by atomic mass is 10.1. The molecule has 1 atom stereocenters. The largest absolute Gasteiger partial charge is 0.481 e. The zero-order chi connectivity index (χ0) is 15.9. The number of rotatable bonds is 7. The minimum atomic E-state index is -0.506. The van der Waals surface area contributed by atoms with E-state index in [9.17, 15) is 4.79 Å². The third-order valence-electron chi connectivity index (χ3n) is 3.47. The molecule has 118 valence electrons. The zero-order valence-electron chi connectivity index (χ0n) is 13.4. The van der Waals surface area contributed by atoms with Crippen LogP contribution in [0.15, 0.2) is 36.9 Å². The number of imidazole rings is 1. The first kappa shape index (κ1) is 16.1. The molecule has 2 aromatic rings. The molecule has 1 aromatic carbocycles. The number of aromatic nitrogens is 2. The third-order valence-corrected chi connectivity index (χ3v) is 3.47. The van der Waals surface area contributed by atoms with Crippen LogP contribution in [0.25, 0.3) is 0 Å². The fourth-order valence-corrected chi connectivity index (χ4v) is 2.11. The molecule has 0 aliphatic carbocycles. The Hall–Kier alpha value is -2.30. The van der Waals surface area contributed by atoms with Crippen molar-refractivity contribution >= 4 is 5.91 Å².